The highest BCUT2D eigenvalue weighted by atomic mass is 35.5. The maximum absolute atomic E-state index is 9.95. The molecule has 1 atom stereocenters. The first-order valence-electron chi connectivity index (χ1n) is 1.93. The van der Waals surface area contributed by atoms with Gasteiger partial charge in [-0.15, -0.1) is 12.4 Å². The van der Waals surface area contributed by atoms with E-state index in [1.165, 1.54) is 0 Å². The van der Waals surface area contributed by atoms with Gasteiger partial charge in [-0.1, -0.05) is 0 Å². The summed E-state index contributed by atoms with van der Waals surface area (Å²) in [6, 6.07) is -0.681. The highest BCUT2D eigenvalue weighted by Crippen LogP contribution is 1.64. The second-order valence-electron chi connectivity index (χ2n) is 1.24. The number of carbonyl (C=O) groups is 1. The van der Waals surface area contributed by atoms with Crippen LogP contribution in [0.2, 0.25) is 0 Å². The summed E-state index contributed by atoms with van der Waals surface area (Å²) in [5, 5.41) is 0. The minimum atomic E-state index is -0.681. The number of hydrogen-bond donors (Lipinski definition) is 3. The van der Waals surface area contributed by atoms with Crippen molar-refractivity contribution in [2.75, 3.05) is 6.54 Å². The average Bonchev–Trinajstić information content (AvgIpc) is 1.65. The molecule has 0 aromatic rings. The monoisotopic (exact) mass is 139 g/mol. The standard InChI is InChI=1S/C3H9N3O.ClH/c4-1-2(5)3(6)7;/h2H,1,4-5H2,(H2,6,7);1H. The zero-order valence-corrected chi connectivity index (χ0v) is 5.15. The molecule has 4 nitrogen and oxygen atoms in total. The maximum atomic E-state index is 9.95. The van der Waals surface area contributed by atoms with Gasteiger partial charge in [0.25, 0.3) is 0 Å². The van der Waals surface area contributed by atoms with Gasteiger partial charge in [0.15, 0.2) is 0 Å². The van der Waals surface area contributed by atoms with Crippen LogP contribution < -0.4 is 17.2 Å². The molecule has 0 saturated heterocycles. The smallest absolute Gasteiger partial charge is 0.235 e. The first kappa shape index (κ1) is 10.6. The van der Waals surface area contributed by atoms with Crippen LogP contribution in [0.25, 0.3) is 0 Å². The summed E-state index contributed by atoms with van der Waals surface area (Å²) in [4.78, 5) is 9.95. The first-order chi connectivity index (χ1) is 3.18. The lowest BCUT2D eigenvalue weighted by atomic mass is 10.3. The van der Waals surface area contributed by atoms with Gasteiger partial charge >= 0.3 is 0 Å². The fraction of sp³-hybridized carbons (Fsp3) is 0.667. The van der Waals surface area contributed by atoms with Gasteiger partial charge < -0.3 is 17.2 Å². The molecule has 0 bridgehead atoms. The summed E-state index contributed by atoms with van der Waals surface area (Å²) in [5.74, 6) is -0.553. The van der Waals surface area contributed by atoms with Gasteiger partial charge in [-0.3, -0.25) is 4.79 Å². The molecule has 0 radical (unpaired) electrons. The van der Waals surface area contributed by atoms with Crippen molar-refractivity contribution < 1.29 is 4.79 Å². The predicted octanol–water partition coefficient (Wildman–Crippen LogP) is -1.82. The molecule has 0 aromatic carbocycles. The molecule has 0 aromatic heterocycles. The summed E-state index contributed by atoms with van der Waals surface area (Å²) in [6.45, 7) is 0.120. The van der Waals surface area contributed by atoms with Crippen molar-refractivity contribution in [1.29, 1.82) is 0 Å². The van der Waals surface area contributed by atoms with Crippen LogP contribution in [0.1, 0.15) is 0 Å². The third-order valence-corrected chi connectivity index (χ3v) is 0.619. The number of halogens is 1. The molecule has 0 spiro atoms. The number of rotatable bonds is 2. The topological polar surface area (TPSA) is 95.1 Å². The largest absolute Gasteiger partial charge is 0.368 e. The number of primary amides is 1. The van der Waals surface area contributed by atoms with E-state index in [4.69, 9.17) is 17.2 Å². The minimum Gasteiger partial charge on any atom is -0.368 e. The van der Waals surface area contributed by atoms with Crippen LogP contribution in [-0.2, 0) is 4.79 Å². The summed E-state index contributed by atoms with van der Waals surface area (Å²) >= 11 is 0. The Hall–Kier alpha value is -0.320. The molecule has 5 heteroatoms. The van der Waals surface area contributed by atoms with Crippen molar-refractivity contribution in [1.82, 2.24) is 0 Å². The van der Waals surface area contributed by atoms with Gasteiger partial charge in [-0.05, 0) is 0 Å². The number of carbonyl (C=O) groups excluding carboxylic acids is 1. The lowest BCUT2D eigenvalue weighted by molar-refractivity contribution is -0.119. The number of hydrogen-bond acceptors (Lipinski definition) is 3. The minimum absolute atomic E-state index is 0. The highest BCUT2D eigenvalue weighted by molar-refractivity contribution is 5.85. The average molecular weight is 140 g/mol. The molecule has 0 aliphatic rings. The Labute approximate surface area is 53.8 Å². The lowest BCUT2D eigenvalue weighted by Gasteiger charge is -1.98. The molecule has 0 saturated carbocycles. The predicted molar refractivity (Wildman–Crippen MR) is 33.5 cm³/mol. The van der Waals surface area contributed by atoms with Crippen LogP contribution in [0, 0.1) is 0 Å². The Morgan fingerprint density at radius 2 is 2.00 bits per heavy atom. The van der Waals surface area contributed by atoms with Gasteiger partial charge in [-0.25, -0.2) is 0 Å². The lowest BCUT2D eigenvalue weighted by Crippen LogP contribution is -2.42. The zero-order chi connectivity index (χ0) is 5.86. The zero-order valence-electron chi connectivity index (χ0n) is 4.33. The van der Waals surface area contributed by atoms with E-state index in [0.717, 1.165) is 0 Å². The normalized spacial score (nSPS) is 11.8. The van der Waals surface area contributed by atoms with E-state index in [1.807, 2.05) is 0 Å². The highest BCUT2D eigenvalue weighted by Gasteiger charge is 2.03. The molecular weight excluding hydrogens is 130 g/mol. The Kier molecular flexibility index (Phi) is 6.41. The van der Waals surface area contributed by atoms with Gasteiger partial charge in [0.2, 0.25) is 5.91 Å². The molecule has 0 aliphatic carbocycles. The van der Waals surface area contributed by atoms with Crippen LogP contribution in [0.4, 0.5) is 0 Å². The molecule has 8 heavy (non-hydrogen) atoms. The molecular formula is C3H10ClN3O. The SMILES string of the molecule is Cl.NCC(N)C(N)=O. The van der Waals surface area contributed by atoms with Gasteiger partial charge in [0, 0.05) is 6.54 Å². The van der Waals surface area contributed by atoms with E-state index in [-0.39, 0.29) is 19.0 Å². The van der Waals surface area contributed by atoms with Crippen LogP contribution in [0.3, 0.4) is 0 Å². The second kappa shape index (κ2) is 4.83. The van der Waals surface area contributed by atoms with Crippen molar-refractivity contribution in [2.45, 2.75) is 6.04 Å². The Bertz CT molecular complexity index is 76.9. The molecule has 1 unspecified atom stereocenters. The van der Waals surface area contributed by atoms with Crippen LogP contribution >= 0.6 is 12.4 Å². The summed E-state index contributed by atoms with van der Waals surface area (Å²) in [7, 11) is 0. The molecule has 0 fully saturated rings. The molecule has 6 N–H and O–H groups in total. The first-order valence-corrected chi connectivity index (χ1v) is 1.93. The Morgan fingerprint density at radius 1 is 1.62 bits per heavy atom. The van der Waals surface area contributed by atoms with E-state index < -0.39 is 11.9 Å². The van der Waals surface area contributed by atoms with E-state index in [9.17, 15) is 4.79 Å². The molecule has 0 rings (SSSR count). The van der Waals surface area contributed by atoms with E-state index >= 15 is 0 Å². The third kappa shape index (κ3) is 3.86. The van der Waals surface area contributed by atoms with E-state index in [0.29, 0.717) is 0 Å². The fourth-order valence-electron chi connectivity index (χ4n) is 0.116. The van der Waals surface area contributed by atoms with Crippen molar-refractivity contribution in [3.8, 4) is 0 Å². The van der Waals surface area contributed by atoms with Crippen molar-refractivity contribution in [2.24, 2.45) is 17.2 Å². The maximum Gasteiger partial charge on any atom is 0.235 e. The van der Waals surface area contributed by atoms with E-state index in [1.54, 1.807) is 0 Å². The second-order valence-corrected chi connectivity index (χ2v) is 1.24. The molecule has 1 amide bonds. The van der Waals surface area contributed by atoms with Crippen molar-refractivity contribution in [3.05, 3.63) is 0 Å². The van der Waals surface area contributed by atoms with Crippen molar-refractivity contribution in [3.63, 3.8) is 0 Å². The van der Waals surface area contributed by atoms with Crippen molar-refractivity contribution >= 4 is 18.3 Å². The summed E-state index contributed by atoms with van der Waals surface area (Å²) < 4.78 is 0. The molecule has 50 valence electrons. The van der Waals surface area contributed by atoms with Gasteiger partial charge in [0.05, 0.1) is 6.04 Å². The third-order valence-electron chi connectivity index (χ3n) is 0.619. The molecule has 0 aliphatic heterocycles. The Morgan fingerprint density at radius 3 is 2.00 bits per heavy atom. The Balaban J connectivity index is 0. The fourth-order valence-corrected chi connectivity index (χ4v) is 0.116. The van der Waals surface area contributed by atoms with E-state index in [2.05, 4.69) is 0 Å². The number of amides is 1. The van der Waals surface area contributed by atoms with Crippen LogP contribution in [0.5, 0.6) is 0 Å². The van der Waals surface area contributed by atoms with Crippen LogP contribution in [0.15, 0.2) is 0 Å². The van der Waals surface area contributed by atoms with Gasteiger partial charge in [-0.2, -0.15) is 0 Å². The van der Waals surface area contributed by atoms with Gasteiger partial charge in [0.1, 0.15) is 0 Å². The van der Waals surface area contributed by atoms with Crippen LogP contribution in [-0.4, -0.2) is 18.5 Å². The summed E-state index contributed by atoms with van der Waals surface area (Å²) in [6.07, 6.45) is 0. The number of nitrogens with two attached hydrogens (primary N) is 3. The quantitative estimate of drug-likeness (QED) is 0.420. The summed E-state index contributed by atoms with van der Waals surface area (Å²) in [5.41, 5.74) is 14.7. The molecule has 0 heterocycles.